The van der Waals surface area contributed by atoms with E-state index in [1.54, 1.807) is 12.1 Å². The highest BCUT2D eigenvalue weighted by Gasteiger charge is 2.35. The van der Waals surface area contributed by atoms with Gasteiger partial charge in [-0.3, -0.25) is 10.1 Å². The molecule has 0 radical (unpaired) electrons. The number of nitrogens with one attached hydrogen (secondary N) is 2. The molecular weight excluding hydrogens is 290 g/mol. The highest BCUT2D eigenvalue weighted by molar-refractivity contribution is 6.30. The maximum atomic E-state index is 11.2. The lowest BCUT2D eigenvalue weighted by atomic mass is 9.93. The third kappa shape index (κ3) is 3.14. The van der Waals surface area contributed by atoms with E-state index in [2.05, 4.69) is 10.6 Å². The SMILES string of the molecule is O=[N+]([O-])c1cc(Cl)ccc1NC1CCCC1C1CCCN1. The predicted octanol–water partition coefficient (Wildman–Crippen LogP) is 3.58. The molecule has 0 amide bonds. The number of halogens is 1. The van der Waals surface area contributed by atoms with E-state index < -0.39 is 0 Å². The molecule has 0 spiro atoms. The second-order valence-electron chi connectivity index (χ2n) is 5.97. The first kappa shape index (κ1) is 14.6. The van der Waals surface area contributed by atoms with Crippen molar-refractivity contribution in [3.8, 4) is 0 Å². The summed E-state index contributed by atoms with van der Waals surface area (Å²) in [7, 11) is 0. The summed E-state index contributed by atoms with van der Waals surface area (Å²) in [5, 5.41) is 18.5. The molecule has 5 nitrogen and oxygen atoms in total. The van der Waals surface area contributed by atoms with Crippen molar-refractivity contribution in [2.75, 3.05) is 11.9 Å². The van der Waals surface area contributed by atoms with E-state index >= 15 is 0 Å². The van der Waals surface area contributed by atoms with E-state index in [1.807, 2.05) is 0 Å². The van der Waals surface area contributed by atoms with Crippen molar-refractivity contribution >= 4 is 23.0 Å². The topological polar surface area (TPSA) is 67.2 Å². The van der Waals surface area contributed by atoms with Gasteiger partial charge in [0.25, 0.3) is 5.69 Å². The first-order valence-electron chi connectivity index (χ1n) is 7.59. The summed E-state index contributed by atoms with van der Waals surface area (Å²) in [5.41, 5.74) is 0.645. The lowest BCUT2D eigenvalue weighted by Gasteiger charge is -2.27. The molecule has 0 bridgehead atoms. The Morgan fingerprint density at radius 2 is 2.14 bits per heavy atom. The van der Waals surface area contributed by atoms with E-state index in [0.717, 1.165) is 13.0 Å². The molecule has 2 fully saturated rings. The third-order valence-corrected chi connectivity index (χ3v) is 4.92. The first-order chi connectivity index (χ1) is 10.1. The van der Waals surface area contributed by atoms with Crippen LogP contribution in [-0.4, -0.2) is 23.6 Å². The van der Waals surface area contributed by atoms with Crippen molar-refractivity contribution in [2.24, 2.45) is 5.92 Å². The number of nitrogens with zero attached hydrogens (tertiary/aromatic N) is 1. The normalized spacial score (nSPS) is 28.7. The van der Waals surface area contributed by atoms with Crippen molar-refractivity contribution in [3.05, 3.63) is 33.3 Å². The summed E-state index contributed by atoms with van der Waals surface area (Å²) < 4.78 is 0. The molecule has 1 saturated carbocycles. The molecule has 0 aromatic heterocycles. The summed E-state index contributed by atoms with van der Waals surface area (Å²) >= 11 is 5.87. The monoisotopic (exact) mass is 309 g/mol. The van der Waals surface area contributed by atoms with Crippen LogP contribution in [0, 0.1) is 16.0 Å². The Labute approximate surface area is 129 Å². The first-order valence-corrected chi connectivity index (χ1v) is 7.97. The van der Waals surface area contributed by atoms with Crippen molar-refractivity contribution in [1.29, 1.82) is 0 Å². The second-order valence-corrected chi connectivity index (χ2v) is 6.40. The van der Waals surface area contributed by atoms with Gasteiger partial charge >= 0.3 is 0 Å². The van der Waals surface area contributed by atoms with Crippen molar-refractivity contribution in [2.45, 2.75) is 44.2 Å². The quantitative estimate of drug-likeness (QED) is 0.659. The molecule has 3 unspecified atom stereocenters. The van der Waals surface area contributed by atoms with E-state index in [9.17, 15) is 10.1 Å². The number of benzene rings is 1. The lowest BCUT2D eigenvalue weighted by molar-refractivity contribution is -0.384. The molecule has 2 aliphatic rings. The predicted molar refractivity (Wildman–Crippen MR) is 83.9 cm³/mol. The Balaban J connectivity index is 1.77. The molecule has 1 aliphatic carbocycles. The molecule has 2 N–H and O–H groups in total. The number of nitro benzene ring substituents is 1. The van der Waals surface area contributed by atoms with Gasteiger partial charge in [-0.15, -0.1) is 0 Å². The summed E-state index contributed by atoms with van der Waals surface area (Å²) in [6.07, 6.45) is 5.89. The fraction of sp³-hybridized carbons (Fsp3) is 0.600. The van der Waals surface area contributed by atoms with Gasteiger partial charge in [0, 0.05) is 23.2 Å². The highest BCUT2D eigenvalue weighted by Crippen LogP contribution is 2.36. The molecule has 1 saturated heterocycles. The molecule has 1 aromatic carbocycles. The van der Waals surface area contributed by atoms with Crippen LogP contribution >= 0.6 is 11.6 Å². The van der Waals surface area contributed by atoms with Gasteiger partial charge in [0.15, 0.2) is 0 Å². The van der Waals surface area contributed by atoms with Gasteiger partial charge in [-0.2, -0.15) is 0 Å². The van der Waals surface area contributed by atoms with Crippen molar-refractivity contribution < 1.29 is 4.92 Å². The Morgan fingerprint density at radius 3 is 2.86 bits per heavy atom. The minimum Gasteiger partial charge on any atom is -0.376 e. The zero-order valence-corrected chi connectivity index (χ0v) is 12.6. The molecular formula is C15H20ClN3O2. The van der Waals surface area contributed by atoms with Crippen molar-refractivity contribution in [1.82, 2.24) is 5.32 Å². The minimum atomic E-state index is -0.369. The van der Waals surface area contributed by atoms with Crippen LogP contribution in [0.3, 0.4) is 0 Å². The average Bonchev–Trinajstić information content (AvgIpc) is 3.11. The van der Waals surface area contributed by atoms with E-state index in [0.29, 0.717) is 28.7 Å². The van der Waals surface area contributed by atoms with Gasteiger partial charge in [-0.1, -0.05) is 18.0 Å². The van der Waals surface area contributed by atoms with Gasteiger partial charge in [0.05, 0.1) is 4.92 Å². The third-order valence-electron chi connectivity index (χ3n) is 4.68. The molecule has 3 rings (SSSR count). The Morgan fingerprint density at radius 1 is 1.29 bits per heavy atom. The fourth-order valence-electron chi connectivity index (χ4n) is 3.70. The van der Waals surface area contributed by atoms with Crippen LogP contribution in [0.15, 0.2) is 18.2 Å². The van der Waals surface area contributed by atoms with Gasteiger partial charge in [-0.25, -0.2) is 0 Å². The van der Waals surface area contributed by atoms with E-state index in [1.165, 1.54) is 31.7 Å². The second kappa shape index (κ2) is 6.20. The standard InChI is InChI=1S/C15H20ClN3O2/c16-10-6-7-14(15(9-10)19(20)21)18-13-4-1-3-11(13)12-5-2-8-17-12/h6-7,9,11-13,17-18H,1-5,8H2. The molecule has 1 aromatic rings. The Kier molecular flexibility index (Phi) is 4.31. The van der Waals surface area contributed by atoms with Crippen LogP contribution in [0.2, 0.25) is 5.02 Å². The molecule has 114 valence electrons. The molecule has 3 atom stereocenters. The van der Waals surface area contributed by atoms with Gasteiger partial charge in [0.2, 0.25) is 0 Å². The summed E-state index contributed by atoms with van der Waals surface area (Å²) in [4.78, 5) is 10.8. The Hall–Kier alpha value is -1.33. The van der Waals surface area contributed by atoms with Gasteiger partial charge in [0.1, 0.15) is 5.69 Å². The maximum absolute atomic E-state index is 11.2. The number of anilines is 1. The summed E-state index contributed by atoms with van der Waals surface area (Å²) in [6.45, 7) is 1.09. The average molecular weight is 310 g/mol. The molecule has 6 heteroatoms. The summed E-state index contributed by atoms with van der Waals surface area (Å²) in [5.74, 6) is 0.558. The molecule has 21 heavy (non-hydrogen) atoms. The number of hydrogen-bond donors (Lipinski definition) is 2. The number of hydrogen-bond acceptors (Lipinski definition) is 4. The molecule has 1 heterocycles. The van der Waals surface area contributed by atoms with E-state index in [4.69, 9.17) is 11.6 Å². The number of nitro groups is 1. The van der Waals surface area contributed by atoms with Crippen molar-refractivity contribution in [3.63, 3.8) is 0 Å². The highest BCUT2D eigenvalue weighted by atomic mass is 35.5. The zero-order chi connectivity index (χ0) is 14.8. The largest absolute Gasteiger partial charge is 0.376 e. The number of rotatable bonds is 4. The van der Waals surface area contributed by atoms with Gasteiger partial charge in [-0.05, 0) is 50.3 Å². The van der Waals surface area contributed by atoms with Crippen LogP contribution in [0.5, 0.6) is 0 Å². The lowest BCUT2D eigenvalue weighted by Crippen LogP contribution is -2.38. The summed E-state index contributed by atoms with van der Waals surface area (Å²) in [6, 6.07) is 5.70. The van der Waals surface area contributed by atoms with Gasteiger partial charge < -0.3 is 10.6 Å². The molecule has 1 aliphatic heterocycles. The zero-order valence-electron chi connectivity index (χ0n) is 11.8. The van der Waals surface area contributed by atoms with Crippen LogP contribution < -0.4 is 10.6 Å². The smallest absolute Gasteiger partial charge is 0.293 e. The van der Waals surface area contributed by atoms with Crippen LogP contribution in [0.25, 0.3) is 0 Å². The fourth-order valence-corrected chi connectivity index (χ4v) is 3.87. The van der Waals surface area contributed by atoms with E-state index in [-0.39, 0.29) is 10.6 Å². The van der Waals surface area contributed by atoms with Crippen LogP contribution in [0.1, 0.15) is 32.1 Å². The maximum Gasteiger partial charge on any atom is 0.293 e. The van der Waals surface area contributed by atoms with Crippen LogP contribution in [-0.2, 0) is 0 Å². The Bertz CT molecular complexity index is 532. The van der Waals surface area contributed by atoms with Crippen LogP contribution in [0.4, 0.5) is 11.4 Å². The minimum absolute atomic E-state index is 0.0625.